The standard InChI is InChI=1S/C18H17N5O3/c24-16(14-4-2-8-25-14)23-10-12-3-1-5-18(12,11-23)17-21-15(22-26-17)13-9-19-6-7-20-13/h2,4,6-9,12H,1,3,5,10-11H2/t12-,18-/m1/s1. The van der Waals surface area contributed by atoms with Gasteiger partial charge in [0.15, 0.2) is 5.76 Å². The monoisotopic (exact) mass is 351 g/mol. The van der Waals surface area contributed by atoms with Gasteiger partial charge in [-0.1, -0.05) is 11.6 Å². The highest BCUT2D eigenvalue weighted by atomic mass is 16.5. The highest BCUT2D eigenvalue weighted by Crippen LogP contribution is 2.50. The van der Waals surface area contributed by atoms with Gasteiger partial charge < -0.3 is 13.8 Å². The average molecular weight is 351 g/mol. The highest BCUT2D eigenvalue weighted by molar-refractivity contribution is 5.91. The van der Waals surface area contributed by atoms with E-state index in [4.69, 9.17) is 8.94 Å². The number of nitrogens with zero attached hydrogens (tertiary/aromatic N) is 5. The normalized spacial score (nSPS) is 24.8. The summed E-state index contributed by atoms with van der Waals surface area (Å²) in [5.41, 5.74) is 0.297. The molecule has 0 N–H and O–H groups in total. The fraction of sp³-hybridized carbons (Fsp3) is 0.389. The number of likely N-dealkylation sites (tertiary alicyclic amines) is 1. The van der Waals surface area contributed by atoms with Gasteiger partial charge in [-0.05, 0) is 30.9 Å². The van der Waals surface area contributed by atoms with Crippen LogP contribution in [-0.2, 0) is 5.41 Å². The first kappa shape index (κ1) is 15.2. The van der Waals surface area contributed by atoms with Crippen molar-refractivity contribution in [2.45, 2.75) is 24.7 Å². The number of furan rings is 1. The summed E-state index contributed by atoms with van der Waals surface area (Å²) in [6.45, 7) is 1.25. The predicted octanol–water partition coefficient (Wildman–Crippen LogP) is 2.31. The van der Waals surface area contributed by atoms with Crippen LogP contribution in [-0.4, -0.2) is 44.0 Å². The van der Waals surface area contributed by atoms with E-state index in [-0.39, 0.29) is 11.3 Å². The summed E-state index contributed by atoms with van der Waals surface area (Å²) < 4.78 is 10.9. The second kappa shape index (κ2) is 5.76. The highest BCUT2D eigenvalue weighted by Gasteiger charge is 2.55. The van der Waals surface area contributed by atoms with Gasteiger partial charge in [-0.3, -0.25) is 9.78 Å². The molecule has 1 saturated carbocycles. The molecule has 2 aliphatic rings. The Balaban J connectivity index is 1.46. The lowest BCUT2D eigenvalue weighted by Crippen LogP contribution is -2.34. The van der Waals surface area contributed by atoms with Crippen LogP contribution in [0.4, 0.5) is 0 Å². The van der Waals surface area contributed by atoms with Crippen molar-refractivity contribution >= 4 is 5.91 Å². The number of carbonyl (C=O) groups excluding carboxylic acids is 1. The molecule has 0 radical (unpaired) electrons. The molecule has 0 spiro atoms. The summed E-state index contributed by atoms with van der Waals surface area (Å²) in [5, 5.41) is 4.10. The van der Waals surface area contributed by atoms with Gasteiger partial charge >= 0.3 is 0 Å². The van der Waals surface area contributed by atoms with Crippen LogP contribution in [0.25, 0.3) is 11.5 Å². The van der Waals surface area contributed by atoms with Crippen LogP contribution in [0.5, 0.6) is 0 Å². The van der Waals surface area contributed by atoms with Crippen LogP contribution in [0.3, 0.4) is 0 Å². The Morgan fingerprint density at radius 2 is 2.31 bits per heavy atom. The number of amides is 1. The minimum absolute atomic E-state index is 0.0857. The van der Waals surface area contributed by atoms with E-state index < -0.39 is 0 Å². The Morgan fingerprint density at radius 1 is 1.35 bits per heavy atom. The van der Waals surface area contributed by atoms with Gasteiger partial charge in [0.1, 0.15) is 5.69 Å². The van der Waals surface area contributed by atoms with Gasteiger partial charge in [-0.2, -0.15) is 4.98 Å². The first-order chi connectivity index (χ1) is 12.8. The lowest BCUT2D eigenvalue weighted by atomic mass is 9.80. The number of carbonyl (C=O) groups is 1. The van der Waals surface area contributed by atoms with Gasteiger partial charge in [0, 0.05) is 25.5 Å². The molecule has 0 bridgehead atoms. The predicted molar refractivity (Wildman–Crippen MR) is 89.0 cm³/mol. The van der Waals surface area contributed by atoms with Crippen molar-refractivity contribution in [3.05, 3.63) is 48.6 Å². The molecule has 1 amide bonds. The van der Waals surface area contributed by atoms with Crippen LogP contribution in [0, 0.1) is 5.92 Å². The summed E-state index contributed by atoms with van der Waals surface area (Å²) in [4.78, 5) is 27.4. The molecule has 2 fully saturated rings. The van der Waals surface area contributed by atoms with Crippen LogP contribution in [0.2, 0.25) is 0 Å². The maximum Gasteiger partial charge on any atom is 0.289 e. The molecule has 0 aromatic carbocycles. The minimum atomic E-state index is -0.282. The first-order valence-corrected chi connectivity index (χ1v) is 8.70. The molecule has 132 valence electrons. The van der Waals surface area contributed by atoms with E-state index in [9.17, 15) is 4.79 Å². The fourth-order valence-electron chi connectivity index (χ4n) is 4.29. The van der Waals surface area contributed by atoms with Crippen LogP contribution in [0.15, 0.2) is 45.9 Å². The largest absolute Gasteiger partial charge is 0.459 e. The maximum absolute atomic E-state index is 12.7. The second-order valence-corrected chi connectivity index (χ2v) is 6.92. The zero-order valence-electron chi connectivity index (χ0n) is 14.0. The summed E-state index contributed by atoms with van der Waals surface area (Å²) >= 11 is 0. The number of aromatic nitrogens is 4. The SMILES string of the molecule is O=C(c1ccco1)N1C[C@H]2CCC[C@@]2(c2nc(-c3cnccn3)no2)C1. The van der Waals surface area contributed by atoms with E-state index >= 15 is 0 Å². The smallest absolute Gasteiger partial charge is 0.289 e. The molecule has 8 nitrogen and oxygen atoms in total. The minimum Gasteiger partial charge on any atom is -0.459 e. The molecule has 4 heterocycles. The van der Waals surface area contributed by atoms with Gasteiger partial charge in [0.2, 0.25) is 11.7 Å². The van der Waals surface area contributed by atoms with E-state index in [1.165, 1.54) is 6.26 Å². The van der Waals surface area contributed by atoms with Crippen molar-refractivity contribution in [3.8, 4) is 11.5 Å². The van der Waals surface area contributed by atoms with Crippen molar-refractivity contribution in [2.75, 3.05) is 13.1 Å². The second-order valence-electron chi connectivity index (χ2n) is 6.92. The maximum atomic E-state index is 12.7. The summed E-state index contributed by atoms with van der Waals surface area (Å²) in [5.74, 6) is 1.62. The van der Waals surface area contributed by atoms with E-state index in [0.717, 1.165) is 19.3 Å². The molecule has 3 aromatic heterocycles. The van der Waals surface area contributed by atoms with Crippen molar-refractivity contribution in [1.29, 1.82) is 0 Å². The summed E-state index contributed by atoms with van der Waals surface area (Å²) in [6, 6.07) is 3.42. The molecule has 1 aliphatic carbocycles. The zero-order chi connectivity index (χ0) is 17.6. The van der Waals surface area contributed by atoms with E-state index in [2.05, 4.69) is 20.1 Å². The number of rotatable bonds is 3. The molecule has 26 heavy (non-hydrogen) atoms. The van der Waals surface area contributed by atoms with Gasteiger partial charge in [-0.25, -0.2) is 4.98 Å². The Hall–Kier alpha value is -3.03. The topological polar surface area (TPSA) is 98.2 Å². The molecule has 1 aliphatic heterocycles. The van der Waals surface area contributed by atoms with E-state index in [1.54, 1.807) is 30.7 Å². The van der Waals surface area contributed by atoms with Gasteiger partial charge in [0.25, 0.3) is 5.91 Å². The fourth-order valence-corrected chi connectivity index (χ4v) is 4.29. The third kappa shape index (κ3) is 2.25. The van der Waals surface area contributed by atoms with Crippen molar-refractivity contribution in [1.82, 2.24) is 25.0 Å². The van der Waals surface area contributed by atoms with E-state index in [0.29, 0.717) is 42.2 Å². The number of hydrogen-bond acceptors (Lipinski definition) is 7. The summed E-state index contributed by atoms with van der Waals surface area (Å²) in [6.07, 6.45) is 9.40. The Kier molecular flexibility index (Phi) is 3.37. The van der Waals surface area contributed by atoms with E-state index in [1.807, 2.05) is 4.90 Å². The molecule has 3 aromatic rings. The Labute approximate surface area is 149 Å². The Bertz CT molecular complexity index is 923. The number of hydrogen-bond donors (Lipinski definition) is 0. The van der Waals surface area contributed by atoms with Crippen molar-refractivity contribution < 1.29 is 13.7 Å². The molecule has 5 rings (SSSR count). The molecular formula is C18H17N5O3. The van der Waals surface area contributed by atoms with Gasteiger partial charge in [-0.15, -0.1) is 0 Å². The quantitative estimate of drug-likeness (QED) is 0.714. The number of fused-ring (bicyclic) bond motifs is 1. The van der Waals surface area contributed by atoms with Crippen molar-refractivity contribution in [2.24, 2.45) is 5.92 Å². The molecule has 0 unspecified atom stereocenters. The molecule has 8 heteroatoms. The lowest BCUT2D eigenvalue weighted by Gasteiger charge is -2.23. The lowest BCUT2D eigenvalue weighted by molar-refractivity contribution is 0.0743. The van der Waals surface area contributed by atoms with Crippen LogP contribution < -0.4 is 0 Å². The van der Waals surface area contributed by atoms with Crippen molar-refractivity contribution in [3.63, 3.8) is 0 Å². The van der Waals surface area contributed by atoms with Crippen LogP contribution >= 0.6 is 0 Å². The third-order valence-electron chi connectivity index (χ3n) is 5.53. The first-order valence-electron chi connectivity index (χ1n) is 8.70. The third-order valence-corrected chi connectivity index (χ3v) is 5.53. The van der Waals surface area contributed by atoms with Crippen LogP contribution in [0.1, 0.15) is 35.7 Å². The molecule has 2 atom stereocenters. The zero-order valence-corrected chi connectivity index (χ0v) is 14.0. The summed E-state index contributed by atoms with van der Waals surface area (Å²) in [7, 11) is 0. The average Bonchev–Trinajstić information content (AvgIpc) is 3.44. The Morgan fingerprint density at radius 3 is 3.12 bits per heavy atom. The molecule has 1 saturated heterocycles. The molecular weight excluding hydrogens is 334 g/mol. The van der Waals surface area contributed by atoms with Gasteiger partial charge in [0.05, 0.1) is 17.9 Å².